The second-order valence-electron chi connectivity index (χ2n) is 3.38. The molecule has 0 saturated carbocycles. The van der Waals surface area contributed by atoms with Crippen LogP contribution in [0.2, 0.25) is 0 Å². The van der Waals surface area contributed by atoms with Crippen LogP contribution < -0.4 is 5.73 Å². The third kappa shape index (κ3) is 1.24. The molecule has 0 aliphatic rings. The van der Waals surface area contributed by atoms with Gasteiger partial charge in [0.05, 0.1) is 5.39 Å². The van der Waals surface area contributed by atoms with E-state index in [1.54, 1.807) is 0 Å². The SMILES string of the molecule is [2H]c1oc2ncnc(N)c2c1-c1ccccc1. The Morgan fingerprint density at radius 1 is 1.19 bits per heavy atom. The summed E-state index contributed by atoms with van der Waals surface area (Å²) in [6, 6.07) is 9.50. The molecule has 4 heteroatoms. The van der Waals surface area contributed by atoms with Crippen LogP contribution in [0.1, 0.15) is 1.37 Å². The Bertz CT molecular complexity index is 679. The Morgan fingerprint density at radius 2 is 2.00 bits per heavy atom. The first kappa shape index (κ1) is 7.87. The van der Waals surface area contributed by atoms with Crippen LogP contribution >= 0.6 is 0 Å². The molecule has 0 amide bonds. The number of hydrogen-bond acceptors (Lipinski definition) is 4. The molecule has 3 aromatic rings. The number of nitrogens with two attached hydrogens (primary N) is 1. The Hall–Kier alpha value is -2.36. The van der Waals surface area contributed by atoms with Crippen molar-refractivity contribution in [3.8, 4) is 11.1 Å². The predicted octanol–water partition coefficient (Wildman–Crippen LogP) is 2.47. The van der Waals surface area contributed by atoms with E-state index >= 15 is 0 Å². The lowest BCUT2D eigenvalue weighted by atomic mass is 10.1. The van der Waals surface area contributed by atoms with Gasteiger partial charge in [0.15, 0.2) is 0 Å². The molecule has 2 heterocycles. The van der Waals surface area contributed by atoms with E-state index in [9.17, 15) is 0 Å². The second-order valence-corrected chi connectivity index (χ2v) is 3.38. The Kier molecular flexibility index (Phi) is 1.64. The van der Waals surface area contributed by atoms with Crippen molar-refractivity contribution in [2.24, 2.45) is 0 Å². The van der Waals surface area contributed by atoms with Gasteiger partial charge in [-0.3, -0.25) is 0 Å². The third-order valence-electron chi connectivity index (χ3n) is 2.40. The normalized spacial score (nSPS) is 11.6. The van der Waals surface area contributed by atoms with Gasteiger partial charge in [-0.2, -0.15) is 0 Å². The van der Waals surface area contributed by atoms with Crippen LogP contribution in [0, 0.1) is 0 Å². The van der Waals surface area contributed by atoms with Crippen LogP contribution in [0.5, 0.6) is 0 Å². The molecule has 4 nitrogen and oxygen atoms in total. The summed E-state index contributed by atoms with van der Waals surface area (Å²) >= 11 is 0. The van der Waals surface area contributed by atoms with E-state index in [0.29, 0.717) is 22.5 Å². The van der Waals surface area contributed by atoms with E-state index in [0.717, 1.165) is 5.56 Å². The number of fused-ring (bicyclic) bond motifs is 1. The summed E-state index contributed by atoms with van der Waals surface area (Å²) < 4.78 is 13.1. The predicted molar refractivity (Wildman–Crippen MR) is 61.7 cm³/mol. The number of rotatable bonds is 1. The average Bonchev–Trinajstić information content (AvgIpc) is 2.68. The van der Waals surface area contributed by atoms with Gasteiger partial charge in [0.2, 0.25) is 5.71 Å². The van der Waals surface area contributed by atoms with Crippen molar-refractivity contribution in [2.75, 3.05) is 5.73 Å². The van der Waals surface area contributed by atoms with Gasteiger partial charge in [-0.15, -0.1) is 0 Å². The lowest BCUT2D eigenvalue weighted by Crippen LogP contribution is -1.91. The number of aromatic nitrogens is 2. The Balaban J connectivity index is 2.40. The smallest absolute Gasteiger partial charge is 0.231 e. The third-order valence-corrected chi connectivity index (χ3v) is 2.40. The molecule has 1 aromatic carbocycles. The molecule has 78 valence electrons. The van der Waals surface area contributed by atoms with Crippen molar-refractivity contribution < 1.29 is 5.79 Å². The van der Waals surface area contributed by atoms with Crippen LogP contribution in [0.15, 0.2) is 47.3 Å². The van der Waals surface area contributed by atoms with Crippen LogP contribution in [0.3, 0.4) is 0 Å². The highest BCUT2D eigenvalue weighted by Crippen LogP contribution is 2.31. The standard InChI is InChI=1S/C12H9N3O/c13-11-10-9(8-4-2-1-3-5-8)6-16-12(10)15-7-14-11/h1-7H,(H2,13,14,15)/i6D. The first-order valence-corrected chi connectivity index (χ1v) is 4.82. The summed E-state index contributed by atoms with van der Waals surface area (Å²) in [4.78, 5) is 7.90. The molecule has 0 unspecified atom stereocenters. The van der Waals surface area contributed by atoms with Gasteiger partial charge >= 0.3 is 0 Å². The maximum Gasteiger partial charge on any atom is 0.231 e. The topological polar surface area (TPSA) is 64.9 Å². The van der Waals surface area contributed by atoms with Gasteiger partial charge in [0.1, 0.15) is 19.8 Å². The maximum absolute atomic E-state index is 7.84. The molecule has 0 aliphatic heterocycles. The van der Waals surface area contributed by atoms with E-state index in [4.69, 9.17) is 11.5 Å². The van der Waals surface area contributed by atoms with E-state index in [1.165, 1.54) is 6.33 Å². The molecule has 0 spiro atoms. The molecule has 16 heavy (non-hydrogen) atoms. The van der Waals surface area contributed by atoms with E-state index in [1.807, 2.05) is 30.3 Å². The van der Waals surface area contributed by atoms with Gasteiger partial charge in [0, 0.05) is 5.56 Å². The highest BCUT2D eigenvalue weighted by molar-refractivity contribution is 5.98. The molecule has 0 fully saturated rings. The fraction of sp³-hybridized carbons (Fsp3) is 0. The van der Waals surface area contributed by atoms with Gasteiger partial charge in [-0.25, -0.2) is 9.97 Å². The quantitative estimate of drug-likeness (QED) is 0.673. The summed E-state index contributed by atoms with van der Waals surface area (Å²) in [5.41, 5.74) is 7.67. The highest BCUT2D eigenvalue weighted by Gasteiger charge is 2.11. The molecule has 0 radical (unpaired) electrons. The monoisotopic (exact) mass is 212 g/mol. The minimum atomic E-state index is 0.0541. The van der Waals surface area contributed by atoms with E-state index in [-0.39, 0.29) is 6.24 Å². The summed E-state index contributed by atoms with van der Waals surface area (Å²) in [6.45, 7) is 0. The average molecular weight is 212 g/mol. The second kappa shape index (κ2) is 3.34. The highest BCUT2D eigenvalue weighted by atomic mass is 16.3. The zero-order valence-electron chi connectivity index (χ0n) is 9.34. The van der Waals surface area contributed by atoms with Crippen molar-refractivity contribution in [3.05, 3.63) is 42.9 Å². The molecule has 0 aliphatic carbocycles. The minimum Gasteiger partial charge on any atom is -0.445 e. The lowest BCUT2D eigenvalue weighted by Gasteiger charge is -1.98. The molecule has 0 bridgehead atoms. The largest absolute Gasteiger partial charge is 0.445 e. The molecule has 2 N–H and O–H groups in total. The number of anilines is 1. The summed E-state index contributed by atoms with van der Waals surface area (Å²) in [5.74, 6) is 0.330. The number of benzene rings is 1. The minimum absolute atomic E-state index is 0.0541. The first-order valence-electron chi connectivity index (χ1n) is 5.32. The maximum atomic E-state index is 7.84. The summed E-state index contributed by atoms with van der Waals surface area (Å²) in [7, 11) is 0. The molecular weight excluding hydrogens is 202 g/mol. The van der Waals surface area contributed by atoms with Gasteiger partial charge in [0.25, 0.3) is 0 Å². The number of nitrogens with zero attached hydrogens (tertiary/aromatic N) is 2. The number of hydrogen-bond donors (Lipinski definition) is 1. The molecule has 2 aromatic heterocycles. The lowest BCUT2D eigenvalue weighted by molar-refractivity contribution is 0.603. The number of furan rings is 1. The van der Waals surface area contributed by atoms with Crippen LogP contribution in [-0.2, 0) is 0 Å². The van der Waals surface area contributed by atoms with Crippen LogP contribution in [0.25, 0.3) is 22.2 Å². The summed E-state index contributed by atoms with van der Waals surface area (Å²) in [6.07, 6.45) is 1.38. The van der Waals surface area contributed by atoms with Gasteiger partial charge < -0.3 is 10.2 Å². The molecular formula is C12H9N3O. The van der Waals surface area contributed by atoms with Gasteiger partial charge in [-0.05, 0) is 5.56 Å². The number of nitrogen functional groups attached to an aromatic ring is 1. The van der Waals surface area contributed by atoms with E-state index in [2.05, 4.69) is 9.97 Å². The summed E-state index contributed by atoms with van der Waals surface area (Å²) in [5, 5.41) is 0.601. The Morgan fingerprint density at radius 3 is 2.81 bits per heavy atom. The van der Waals surface area contributed by atoms with Crippen LogP contribution in [-0.4, -0.2) is 9.97 Å². The van der Waals surface area contributed by atoms with Crippen LogP contribution in [0.4, 0.5) is 5.82 Å². The van der Waals surface area contributed by atoms with Crippen molar-refractivity contribution in [1.82, 2.24) is 9.97 Å². The zero-order valence-corrected chi connectivity index (χ0v) is 8.34. The fourth-order valence-corrected chi connectivity index (χ4v) is 1.65. The fourth-order valence-electron chi connectivity index (χ4n) is 1.65. The first-order chi connectivity index (χ1) is 8.27. The van der Waals surface area contributed by atoms with Crippen molar-refractivity contribution >= 4 is 16.9 Å². The van der Waals surface area contributed by atoms with E-state index < -0.39 is 0 Å². The van der Waals surface area contributed by atoms with Crippen molar-refractivity contribution in [2.45, 2.75) is 0 Å². The zero-order chi connectivity index (χ0) is 11.8. The van der Waals surface area contributed by atoms with Crippen molar-refractivity contribution in [3.63, 3.8) is 0 Å². The van der Waals surface area contributed by atoms with Gasteiger partial charge in [-0.1, -0.05) is 30.3 Å². The molecule has 3 rings (SSSR count). The van der Waals surface area contributed by atoms with Crippen molar-refractivity contribution in [1.29, 1.82) is 0 Å². The molecule has 0 saturated heterocycles. The molecule has 0 atom stereocenters. The Labute approximate surface area is 93.1 Å².